The van der Waals surface area contributed by atoms with Gasteiger partial charge in [0.2, 0.25) is 11.9 Å². The number of ether oxygens (including phenoxy) is 2. The van der Waals surface area contributed by atoms with Crippen LogP contribution < -0.4 is 14.5 Å². The van der Waals surface area contributed by atoms with Crippen LogP contribution in [0.4, 0.5) is 5.13 Å². The van der Waals surface area contributed by atoms with Gasteiger partial charge in [0.15, 0.2) is 11.5 Å². The minimum Gasteiger partial charge on any atom is -0.454 e. The molecule has 0 saturated heterocycles. The van der Waals surface area contributed by atoms with E-state index >= 15 is 0 Å². The van der Waals surface area contributed by atoms with Gasteiger partial charge in [0.1, 0.15) is 0 Å². The van der Waals surface area contributed by atoms with Crippen LogP contribution >= 0.6 is 22.9 Å². The van der Waals surface area contributed by atoms with Crippen molar-refractivity contribution in [2.75, 3.05) is 11.8 Å². The molecule has 0 fully saturated rings. The van der Waals surface area contributed by atoms with Crippen molar-refractivity contribution in [3.63, 3.8) is 0 Å². The molecule has 3 heterocycles. The van der Waals surface area contributed by atoms with Crippen LogP contribution in [-0.4, -0.2) is 23.4 Å². The standard InChI is InChI=1S/C21H14ClN3O3S/c1-12-16(8-13-2-7-18-19(9-13)28-11-27-18)20(26)25(24-12)21-23-17(10-29-21)14-3-5-15(22)6-4-14/h2-10H,11H2,1H3. The van der Waals surface area contributed by atoms with Gasteiger partial charge < -0.3 is 9.47 Å². The molecule has 0 atom stereocenters. The Morgan fingerprint density at radius 2 is 1.93 bits per heavy atom. The third-order valence-electron chi connectivity index (χ3n) is 4.58. The van der Waals surface area contributed by atoms with E-state index in [2.05, 4.69) is 10.1 Å². The smallest absolute Gasteiger partial charge is 0.282 e. The molecule has 5 rings (SSSR count). The van der Waals surface area contributed by atoms with Gasteiger partial charge in [-0.1, -0.05) is 29.8 Å². The summed E-state index contributed by atoms with van der Waals surface area (Å²) in [4.78, 5) is 17.6. The molecule has 6 nitrogen and oxygen atoms in total. The Balaban J connectivity index is 1.42. The monoisotopic (exact) mass is 423 g/mol. The van der Waals surface area contributed by atoms with Crippen molar-refractivity contribution in [2.24, 2.45) is 5.10 Å². The molecule has 2 aromatic carbocycles. The lowest BCUT2D eigenvalue weighted by atomic mass is 10.1. The van der Waals surface area contributed by atoms with Gasteiger partial charge in [-0.2, -0.15) is 10.1 Å². The van der Waals surface area contributed by atoms with Crippen molar-refractivity contribution in [3.8, 4) is 22.8 Å². The predicted molar refractivity (Wildman–Crippen MR) is 114 cm³/mol. The summed E-state index contributed by atoms with van der Waals surface area (Å²) in [5, 5.41) is 8.84. The van der Waals surface area contributed by atoms with E-state index in [0.29, 0.717) is 32.9 Å². The normalized spacial score (nSPS) is 16.6. The highest BCUT2D eigenvalue weighted by atomic mass is 35.5. The number of benzene rings is 2. The van der Waals surface area contributed by atoms with Crippen LogP contribution in [-0.2, 0) is 4.79 Å². The van der Waals surface area contributed by atoms with E-state index in [-0.39, 0.29) is 12.7 Å². The van der Waals surface area contributed by atoms with Crippen LogP contribution in [0.1, 0.15) is 12.5 Å². The fourth-order valence-corrected chi connectivity index (χ4v) is 4.00. The summed E-state index contributed by atoms with van der Waals surface area (Å²) in [5.74, 6) is 1.16. The minimum atomic E-state index is -0.211. The number of amides is 1. The first kappa shape index (κ1) is 17.9. The summed E-state index contributed by atoms with van der Waals surface area (Å²) in [6, 6.07) is 13.0. The molecule has 3 aromatic rings. The lowest BCUT2D eigenvalue weighted by Crippen LogP contribution is -2.21. The summed E-state index contributed by atoms with van der Waals surface area (Å²) >= 11 is 7.31. The molecule has 8 heteroatoms. The molecule has 0 aliphatic carbocycles. The Hall–Kier alpha value is -3.16. The van der Waals surface area contributed by atoms with Crippen molar-refractivity contribution in [1.29, 1.82) is 0 Å². The van der Waals surface area contributed by atoms with Gasteiger partial charge in [0, 0.05) is 16.0 Å². The van der Waals surface area contributed by atoms with Gasteiger partial charge >= 0.3 is 0 Å². The molecular formula is C21H14ClN3O3S. The highest BCUT2D eigenvalue weighted by molar-refractivity contribution is 7.14. The SMILES string of the molecule is CC1=NN(c2nc(-c3ccc(Cl)cc3)cs2)C(=O)C1=Cc1ccc2c(c1)OCO2. The minimum absolute atomic E-state index is 0.211. The molecule has 1 aromatic heterocycles. The fourth-order valence-electron chi connectivity index (χ4n) is 3.10. The molecule has 29 heavy (non-hydrogen) atoms. The molecule has 1 amide bonds. The van der Waals surface area contributed by atoms with Gasteiger partial charge in [0.25, 0.3) is 5.91 Å². The molecule has 0 bridgehead atoms. The maximum atomic E-state index is 13.0. The van der Waals surface area contributed by atoms with Crippen LogP contribution in [0, 0.1) is 0 Å². The maximum absolute atomic E-state index is 13.0. The first-order chi connectivity index (χ1) is 14.1. The van der Waals surface area contributed by atoms with E-state index in [1.807, 2.05) is 54.8 Å². The van der Waals surface area contributed by atoms with E-state index in [1.54, 1.807) is 6.08 Å². The lowest BCUT2D eigenvalue weighted by molar-refractivity contribution is -0.114. The first-order valence-corrected chi connectivity index (χ1v) is 10.1. The van der Waals surface area contributed by atoms with E-state index < -0.39 is 0 Å². The maximum Gasteiger partial charge on any atom is 0.282 e. The fraction of sp³-hybridized carbons (Fsp3) is 0.0952. The van der Waals surface area contributed by atoms with E-state index in [0.717, 1.165) is 16.8 Å². The number of hydrazone groups is 1. The Morgan fingerprint density at radius 1 is 1.14 bits per heavy atom. The van der Waals surface area contributed by atoms with Crippen molar-refractivity contribution in [1.82, 2.24) is 4.98 Å². The van der Waals surface area contributed by atoms with Crippen LogP contribution in [0.15, 0.2) is 58.5 Å². The lowest BCUT2D eigenvalue weighted by Gasteiger charge is -2.07. The second-order valence-corrected chi connectivity index (χ2v) is 7.77. The largest absolute Gasteiger partial charge is 0.454 e. The summed E-state index contributed by atoms with van der Waals surface area (Å²) in [6.45, 7) is 2.02. The average molecular weight is 424 g/mol. The number of rotatable bonds is 3. The van der Waals surface area contributed by atoms with Gasteiger partial charge in [0.05, 0.1) is 17.0 Å². The van der Waals surface area contributed by atoms with Crippen molar-refractivity contribution < 1.29 is 14.3 Å². The topological polar surface area (TPSA) is 64.0 Å². The summed E-state index contributed by atoms with van der Waals surface area (Å²) < 4.78 is 10.7. The van der Waals surface area contributed by atoms with Crippen molar-refractivity contribution >= 4 is 45.8 Å². The van der Waals surface area contributed by atoms with Gasteiger partial charge in [-0.25, -0.2) is 4.98 Å². The molecule has 0 radical (unpaired) electrons. The number of anilines is 1. The number of nitrogens with zero attached hydrogens (tertiary/aromatic N) is 3. The Kier molecular flexibility index (Phi) is 4.34. The number of aromatic nitrogens is 1. The highest BCUT2D eigenvalue weighted by Crippen LogP contribution is 2.35. The summed E-state index contributed by atoms with van der Waals surface area (Å²) in [7, 11) is 0. The second-order valence-electron chi connectivity index (χ2n) is 6.50. The van der Waals surface area contributed by atoms with Crippen LogP contribution in [0.3, 0.4) is 0 Å². The second kappa shape index (κ2) is 7.02. The first-order valence-electron chi connectivity index (χ1n) is 8.81. The van der Waals surface area contributed by atoms with Crippen molar-refractivity contribution in [3.05, 3.63) is 64.0 Å². The number of carbonyl (C=O) groups excluding carboxylic acids is 1. The third-order valence-corrected chi connectivity index (χ3v) is 5.65. The molecule has 2 aliphatic heterocycles. The third kappa shape index (κ3) is 3.28. The quantitative estimate of drug-likeness (QED) is 0.556. The molecular weight excluding hydrogens is 410 g/mol. The number of hydrogen-bond donors (Lipinski definition) is 0. The van der Waals surface area contributed by atoms with E-state index in [1.165, 1.54) is 16.3 Å². The number of halogens is 1. The molecule has 0 unspecified atom stereocenters. The highest BCUT2D eigenvalue weighted by Gasteiger charge is 2.31. The van der Waals surface area contributed by atoms with E-state index in [9.17, 15) is 4.79 Å². The van der Waals surface area contributed by atoms with Gasteiger partial charge in [-0.15, -0.1) is 11.3 Å². The number of carbonyl (C=O) groups is 1. The summed E-state index contributed by atoms with van der Waals surface area (Å²) in [6.07, 6.45) is 1.80. The van der Waals surface area contributed by atoms with Gasteiger partial charge in [-0.3, -0.25) is 4.79 Å². The van der Waals surface area contributed by atoms with Crippen LogP contribution in [0.2, 0.25) is 5.02 Å². The Bertz CT molecular complexity index is 1180. The molecule has 0 saturated carbocycles. The molecule has 2 aliphatic rings. The van der Waals surface area contributed by atoms with Crippen molar-refractivity contribution in [2.45, 2.75) is 6.92 Å². The Labute approximate surface area is 175 Å². The average Bonchev–Trinajstić information content (AvgIpc) is 3.44. The van der Waals surface area contributed by atoms with Crippen LogP contribution in [0.5, 0.6) is 11.5 Å². The van der Waals surface area contributed by atoms with E-state index in [4.69, 9.17) is 21.1 Å². The zero-order valence-electron chi connectivity index (χ0n) is 15.3. The number of hydrogen-bond acceptors (Lipinski definition) is 6. The predicted octanol–water partition coefficient (Wildman–Crippen LogP) is 5.00. The molecule has 0 N–H and O–H groups in total. The Morgan fingerprint density at radius 3 is 2.76 bits per heavy atom. The molecule has 144 valence electrons. The molecule has 0 spiro atoms. The zero-order valence-corrected chi connectivity index (χ0v) is 16.8. The number of thiazole rings is 1. The zero-order chi connectivity index (χ0) is 20.0. The summed E-state index contributed by atoms with van der Waals surface area (Å²) in [5.41, 5.74) is 3.70. The van der Waals surface area contributed by atoms with Gasteiger partial charge in [-0.05, 0) is 42.8 Å². The van der Waals surface area contributed by atoms with Crippen LogP contribution in [0.25, 0.3) is 17.3 Å². The number of fused-ring (bicyclic) bond motifs is 1.